The van der Waals surface area contributed by atoms with E-state index < -0.39 is 6.17 Å². The van der Waals surface area contributed by atoms with E-state index in [1.54, 1.807) is 48.7 Å². The Hall–Kier alpha value is -3.54. The van der Waals surface area contributed by atoms with Gasteiger partial charge in [-0.1, -0.05) is 30.3 Å². The van der Waals surface area contributed by atoms with E-state index in [0.717, 1.165) is 5.56 Å². The third kappa shape index (κ3) is 2.74. The molecule has 0 fully saturated rings. The molecular weight excluding hydrogens is 318 g/mol. The van der Waals surface area contributed by atoms with E-state index >= 15 is 0 Å². The first-order valence-electron chi connectivity index (χ1n) is 7.81. The van der Waals surface area contributed by atoms with Crippen molar-refractivity contribution in [3.05, 3.63) is 89.9 Å². The fourth-order valence-electron chi connectivity index (χ4n) is 2.80. The summed E-state index contributed by atoms with van der Waals surface area (Å²) in [5.41, 5.74) is 5.12. The average Bonchev–Trinajstić information content (AvgIpc) is 3.19. The molecule has 4 rings (SSSR count). The van der Waals surface area contributed by atoms with E-state index in [1.165, 1.54) is 11.3 Å². The molecule has 124 valence electrons. The van der Waals surface area contributed by atoms with Gasteiger partial charge >= 0.3 is 0 Å². The summed E-state index contributed by atoms with van der Waals surface area (Å²) in [6.45, 7) is 0. The van der Waals surface area contributed by atoms with Crippen LogP contribution in [0.2, 0.25) is 0 Å². The van der Waals surface area contributed by atoms with Gasteiger partial charge in [-0.15, -0.1) is 0 Å². The highest BCUT2D eigenvalue weighted by molar-refractivity contribution is 6.03. The Balaban J connectivity index is 1.70. The van der Waals surface area contributed by atoms with Crippen molar-refractivity contribution in [2.75, 3.05) is 5.32 Å². The number of amides is 2. The number of carbonyl (C=O) groups is 2. The van der Waals surface area contributed by atoms with Crippen LogP contribution in [0.3, 0.4) is 0 Å². The molecule has 6 nitrogen and oxygen atoms in total. The van der Waals surface area contributed by atoms with Crippen LogP contribution in [0, 0.1) is 0 Å². The fourth-order valence-corrected chi connectivity index (χ4v) is 2.80. The van der Waals surface area contributed by atoms with Crippen molar-refractivity contribution < 1.29 is 14.0 Å². The van der Waals surface area contributed by atoms with E-state index in [9.17, 15) is 9.59 Å². The summed E-state index contributed by atoms with van der Waals surface area (Å²) < 4.78 is 5.14. The number of furan rings is 1. The summed E-state index contributed by atoms with van der Waals surface area (Å²) in [5, 5.41) is 4.56. The first-order chi connectivity index (χ1) is 12.2. The lowest BCUT2D eigenvalue weighted by Gasteiger charge is -2.37. The number of hydrogen-bond donors (Lipinski definition) is 2. The topological polar surface area (TPSA) is 74.6 Å². The highest BCUT2D eigenvalue weighted by atomic mass is 16.3. The SMILES string of the molecule is O=C(NN1C(=O)c2ccccc2N[C@H]1c1ccoc1)c1ccccc1. The first-order valence-corrected chi connectivity index (χ1v) is 7.81. The molecule has 2 N–H and O–H groups in total. The maximum absolute atomic E-state index is 12.9. The molecule has 2 aromatic carbocycles. The van der Waals surface area contributed by atoms with E-state index in [2.05, 4.69) is 10.7 Å². The lowest BCUT2D eigenvalue weighted by atomic mass is 10.1. The Bertz CT molecular complexity index is 907. The summed E-state index contributed by atoms with van der Waals surface area (Å²) in [7, 11) is 0. The smallest absolute Gasteiger partial charge is 0.276 e. The normalized spacial score (nSPS) is 16.1. The lowest BCUT2D eigenvalue weighted by molar-refractivity contribution is 0.0490. The van der Waals surface area contributed by atoms with Crippen LogP contribution in [0.25, 0.3) is 0 Å². The van der Waals surface area contributed by atoms with Crippen LogP contribution in [0.1, 0.15) is 32.4 Å². The zero-order valence-electron chi connectivity index (χ0n) is 13.2. The number of hydrazine groups is 1. The maximum Gasteiger partial charge on any atom is 0.276 e. The van der Waals surface area contributed by atoms with Gasteiger partial charge in [0.2, 0.25) is 0 Å². The Labute approximate surface area is 144 Å². The minimum Gasteiger partial charge on any atom is -0.472 e. The van der Waals surface area contributed by atoms with Gasteiger partial charge in [-0.3, -0.25) is 15.0 Å². The largest absolute Gasteiger partial charge is 0.472 e. The third-order valence-electron chi connectivity index (χ3n) is 4.04. The minimum atomic E-state index is -0.561. The molecule has 3 aromatic rings. The summed E-state index contributed by atoms with van der Waals surface area (Å²) in [6.07, 6.45) is 2.51. The molecule has 0 saturated carbocycles. The van der Waals surface area contributed by atoms with Crippen molar-refractivity contribution in [3.63, 3.8) is 0 Å². The molecule has 0 spiro atoms. The molecule has 0 bridgehead atoms. The maximum atomic E-state index is 12.9. The van der Waals surface area contributed by atoms with Gasteiger partial charge in [0.15, 0.2) is 6.17 Å². The molecule has 0 unspecified atom stereocenters. The quantitative estimate of drug-likeness (QED) is 0.772. The zero-order valence-corrected chi connectivity index (χ0v) is 13.2. The Morgan fingerprint density at radius 3 is 2.56 bits per heavy atom. The number of nitrogens with zero attached hydrogens (tertiary/aromatic N) is 1. The number of fused-ring (bicyclic) bond motifs is 1. The van der Waals surface area contributed by atoms with Gasteiger partial charge in [-0.25, -0.2) is 5.01 Å². The molecule has 1 aliphatic rings. The van der Waals surface area contributed by atoms with Crippen molar-refractivity contribution in [1.29, 1.82) is 0 Å². The zero-order chi connectivity index (χ0) is 17.2. The number of nitrogens with one attached hydrogen (secondary N) is 2. The number of carbonyl (C=O) groups excluding carboxylic acids is 2. The standard InChI is InChI=1S/C19H15N3O3/c23-18(13-6-2-1-3-7-13)21-22-17(14-10-11-25-12-14)20-16-9-5-4-8-15(16)19(22)24/h1-12,17,20H,(H,21,23)/t17-/m1/s1. The Kier molecular flexibility index (Phi) is 3.70. The van der Waals surface area contributed by atoms with Gasteiger partial charge in [0.25, 0.3) is 11.8 Å². The average molecular weight is 333 g/mol. The molecule has 6 heteroatoms. The molecule has 2 heterocycles. The van der Waals surface area contributed by atoms with Gasteiger partial charge in [0.1, 0.15) is 0 Å². The van der Waals surface area contributed by atoms with Crippen LogP contribution in [0.15, 0.2) is 77.6 Å². The van der Waals surface area contributed by atoms with Crippen LogP contribution in [-0.4, -0.2) is 16.8 Å². The second-order valence-electron chi connectivity index (χ2n) is 5.63. The summed E-state index contributed by atoms with van der Waals surface area (Å²) in [6, 6.07) is 17.7. The number of hydrogen-bond acceptors (Lipinski definition) is 4. The predicted octanol–water partition coefficient (Wildman–Crippen LogP) is 3.19. The van der Waals surface area contributed by atoms with Crippen LogP contribution >= 0.6 is 0 Å². The van der Waals surface area contributed by atoms with Crippen molar-refractivity contribution in [3.8, 4) is 0 Å². The first kappa shape index (κ1) is 15.0. The molecule has 0 saturated heterocycles. The summed E-state index contributed by atoms with van der Waals surface area (Å²) in [5.74, 6) is -0.645. The molecule has 1 atom stereocenters. The van der Waals surface area contributed by atoms with Crippen LogP contribution in [0.4, 0.5) is 5.69 Å². The number of para-hydroxylation sites is 1. The van der Waals surface area contributed by atoms with Crippen molar-refractivity contribution >= 4 is 17.5 Å². The second-order valence-corrected chi connectivity index (χ2v) is 5.63. The second kappa shape index (κ2) is 6.16. The number of anilines is 1. The van der Waals surface area contributed by atoms with Gasteiger partial charge in [0, 0.05) is 16.8 Å². The molecule has 1 aromatic heterocycles. The third-order valence-corrected chi connectivity index (χ3v) is 4.04. The number of rotatable bonds is 3. The van der Waals surface area contributed by atoms with Crippen molar-refractivity contribution in [2.45, 2.75) is 6.17 Å². The highest BCUT2D eigenvalue weighted by Crippen LogP contribution is 2.32. The Morgan fingerprint density at radius 1 is 1.04 bits per heavy atom. The minimum absolute atomic E-state index is 0.287. The van der Waals surface area contributed by atoms with Crippen molar-refractivity contribution in [1.82, 2.24) is 10.4 Å². The van der Waals surface area contributed by atoms with E-state index in [-0.39, 0.29) is 11.8 Å². The van der Waals surface area contributed by atoms with Gasteiger partial charge in [-0.05, 0) is 30.3 Å². The molecule has 25 heavy (non-hydrogen) atoms. The fraction of sp³-hybridized carbons (Fsp3) is 0.0526. The van der Waals surface area contributed by atoms with Crippen molar-refractivity contribution in [2.24, 2.45) is 0 Å². The van der Waals surface area contributed by atoms with Gasteiger partial charge in [-0.2, -0.15) is 0 Å². The van der Waals surface area contributed by atoms with Crippen LogP contribution < -0.4 is 10.7 Å². The summed E-state index contributed by atoms with van der Waals surface area (Å²) >= 11 is 0. The molecular formula is C19H15N3O3. The van der Waals surface area contributed by atoms with Crippen LogP contribution in [-0.2, 0) is 0 Å². The molecule has 2 amide bonds. The number of benzene rings is 2. The molecule has 0 radical (unpaired) electrons. The highest BCUT2D eigenvalue weighted by Gasteiger charge is 2.34. The van der Waals surface area contributed by atoms with E-state index in [1.807, 2.05) is 18.2 Å². The van der Waals surface area contributed by atoms with E-state index in [4.69, 9.17) is 4.42 Å². The van der Waals surface area contributed by atoms with Gasteiger partial charge in [0.05, 0.1) is 18.1 Å². The molecule has 1 aliphatic heterocycles. The summed E-state index contributed by atoms with van der Waals surface area (Å²) in [4.78, 5) is 25.5. The predicted molar refractivity (Wildman–Crippen MR) is 91.6 cm³/mol. The Morgan fingerprint density at radius 2 is 1.80 bits per heavy atom. The lowest BCUT2D eigenvalue weighted by Crippen LogP contribution is -2.52. The van der Waals surface area contributed by atoms with Gasteiger partial charge < -0.3 is 9.73 Å². The van der Waals surface area contributed by atoms with E-state index in [0.29, 0.717) is 16.8 Å². The van der Waals surface area contributed by atoms with Crippen LogP contribution in [0.5, 0.6) is 0 Å². The molecule has 0 aliphatic carbocycles. The monoisotopic (exact) mass is 333 g/mol.